The van der Waals surface area contributed by atoms with Gasteiger partial charge in [-0.15, -0.1) is 0 Å². The van der Waals surface area contributed by atoms with E-state index in [1.807, 2.05) is 0 Å². The van der Waals surface area contributed by atoms with E-state index in [4.69, 9.17) is 14.2 Å². The molecule has 4 nitrogen and oxygen atoms in total. The van der Waals surface area contributed by atoms with Gasteiger partial charge in [-0.25, -0.2) is 0 Å². The fourth-order valence-electron chi connectivity index (χ4n) is 2.86. The molecule has 1 N–H and O–H groups in total. The summed E-state index contributed by atoms with van der Waals surface area (Å²) < 4.78 is 17.6. The second kappa shape index (κ2) is 6.67. The van der Waals surface area contributed by atoms with Gasteiger partial charge in [-0.1, -0.05) is 13.8 Å². The van der Waals surface area contributed by atoms with E-state index < -0.39 is 0 Å². The van der Waals surface area contributed by atoms with E-state index in [0.717, 1.165) is 57.3 Å². The minimum Gasteiger partial charge on any atom is -0.489 e. The first-order valence-electron chi connectivity index (χ1n) is 8.01. The Balaban J connectivity index is 1.91. The summed E-state index contributed by atoms with van der Waals surface area (Å²) in [5.74, 6) is 2.19. The van der Waals surface area contributed by atoms with Crippen LogP contribution in [0.4, 0.5) is 0 Å². The van der Waals surface area contributed by atoms with E-state index >= 15 is 0 Å². The highest BCUT2D eigenvalue weighted by Crippen LogP contribution is 2.37. The summed E-state index contributed by atoms with van der Waals surface area (Å²) in [6.45, 7) is 8.27. The third kappa shape index (κ3) is 3.33. The molecule has 3 rings (SSSR count). The molecule has 0 aliphatic carbocycles. The summed E-state index contributed by atoms with van der Waals surface area (Å²) in [5, 5.41) is 3.58. The van der Waals surface area contributed by atoms with E-state index in [2.05, 4.69) is 31.3 Å². The number of rotatable bonds is 3. The fourth-order valence-corrected chi connectivity index (χ4v) is 2.86. The number of hydrogen-bond donors (Lipinski definition) is 1. The van der Waals surface area contributed by atoms with Crippen LogP contribution in [0.5, 0.6) is 11.5 Å². The second-order valence-electron chi connectivity index (χ2n) is 6.06. The molecule has 0 spiro atoms. The van der Waals surface area contributed by atoms with Crippen molar-refractivity contribution in [2.45, 2.75) is 32.7 Å². The van der Waals surface area contributed by atoms with Gasteiger partial charge in [-0.2, -0.15) is 0 Å². The lowest BCUT2D eigenvalue weighted by molar-refractivity contribution is 0.121. The van der Waals surface area contributed by atoms with Crippen molar-refractivity contribution in [3.05, 3.63) is 23.3 Å². The number of ether oxygens (including phenoxy) is 3. The molecule has 0 bridgehead atoms. The highest BCUT2D eigenvalue weighted by atomic mass is 16.5. The topological polar surface area (TPSA) is 39.7 Å². The minimum absolute atomic E-state index is 0.247. The molecule has 1 aromatic carbocycles. The molecule has 2 unspecified atom stereocenters. The molecule has 1 aromatic rings. The summed E-state index contributed by atoms with van der Waals surface area (Å²) in [7, 11) is 0. The van der Waals surface area contributed by atoms with Crippen LogP contribution < -0.4 is 14.8 Å². The van der Waals surface area contributed by atoms with Crippen LogP contribution in [0.1, 0.15) is 37.4 Å². The minimum atomic E-state index is 0.247. The summed E-state index contributed by atoms with van der Waals surface area (Å²) in [4.78, 5) is 0. The Labute approximate surface area is 126 Å². The van der Waals surface area contributed by atoms with Crippen molar-refractivity contribution in [1.82, 2.24) is 5.32 Å². The Morgan fingerprint density at radius 3 is 2.67 bits per heavy atom. The first-order valence-corrected chi connectivity index (χ1v) is 8.01. The molecule has 0 saturated carbocycles. The Morgan fingerprint density at radius 2 is 1.90 bits per heavy atom. The van der Waals surface area contributed by atoms with Crippen LogP contribution in [0, 0.1) is 5.92 Å². The predicted molar refractivity (Wildman–Crippen MR) is 82.2 cm³/mol. The third-order valence-electron chi connectivity index (χ3n) is 4.07. The Hall–Kier alpha value is -1.26. The van der Waals surface area contributed by atoms with Gasteiger partial charge in [0, 0.05) is 5.92 Å². The number of hydrogen-bond acceptors (Lipinski definition) is 4. The Kier molecular flexibility index (Phi) is 4.66. The maximum atomic E-state index is 5.93. The zero-order valence-corrected chi connectivity index (χ0v) is 13.0. The van der Waals surface area contributed by atoms with E-state index in [-0.39, 0.29) is 6.04 Å². The average Bonchev–Trinajstić information content (AvgIpc) is 2.80. The molecule has 2 heterocycles. The van der Waals surface area contributed by atoms with Gasteiger partial charge in [-0.3, -0.25) is 0 Å². The Bertz CT molecular complexity index is 489. The van der Waals surface area contributed by atoms with Gasteiger partial charge in [0.1, 0.15) is 0 Å². The largest absolute Gasteiger partial charge is 0.489 e. The fraction of sp³-hybridized carbons (Fsp3) is 0.647. The summed E-state index contributed by atoms with van der Waals surface area (Å²) in [6, 6.07) is 4.56. The Morgan fingerprint density at radius 1 is 1.14 bits per heavy atom. The molecule has 4 heteroatoms. The zero-order valence-electron chi connectivity index (χ0n) is 13.0. The van der Waals surface area contributed by atoms with Crippen LogP contribution in [0.2, 0.25) is 0 Å². The number of fused-ring (bicyclic) bond motifs is 2. The van der Waals surface area contributed by atoms with Gasteiger partial charge in [0.15, 0.2) is 11.5 Å². The van der Waals surface area contributed by atoms with E-state index in [1.54, 1.807) is 0 Å². The van der Waals surface area contributed by atoms with Crippen LogP contribution in [-0.2, 0) is 11.2 Å². The molecular formula is C17H25NO3. The molecular weight excluding hydrogens is 266 g/mol. The van der Waals surface area contributed by atoms with Gasteiger partial charge >= 0.3 is 0 Å². The zero-order chi connectivity index (χ0) is 14.7. The third-order valence-corrected chi connectivity index (χ3v) is 4.07. The van der Waals surface area contributed by atoms with E-state index in [9.17, 15) is 0 Å². The first-order chi connectivity index (χ1) is 10.3. The predicted octanol–water partition coefficient (Wildman–Crippen LogP) is 2.71. The van der Waals surface area contributed by atoms with Crippen LogP contribution >= 0.6 is 0 Å². The molecule has 2 atom stereocenters. The van der Waals surface area contributed by atoms with Crippen LogP contribution in [0.15, 0.2) is 12.1 Å². The molecule has 2 aliphatic heterocycles. The highest BCUT2D eigenvalue weighted by Gasteiger charge is 2.23. The van der Waals surface area contributed by atoms with Crippen LogP contribution in [0.3, 0.4) is 0 Å². The van der Waals surface area contributed by atoms with Crippen molar-refractivity contribution < 1.29 is 14.2 Å². The average molecular weight is 291 g/mol. The monoisotopic (exact) mass is 291 g/mol. The maximum Gasteiger partial charge on any atom is 0.161 e. The van der Waals surface area contributed by atoms with Gasteiger partial charge in [0.05, 0.1) is 32.5 Å². The molecule has 0 saturated heterocycles. The van der Waals surface area contributed by atoms with Gasteiger partial charge in [0.25, 0.3) is 0 Å². The van der Waals surface area contributed by atoms with Gasteiger partial charge < -0.3 is 19.5 Å². The van der Waals surface area contributed by atoms with Crippen LogP contribution in [-0.4, -0.2) is 33.0 Å². The molecule has 116 valence electrons. The quantitative estimate of drug-likeness (QED) is 0.929. The van der Waals surface area contributed by atoms with Gasteiger partial charge in [0.2, 0.25) is 0 Å². The molecule has 21 heavy (non-hydrogen) atoms. The summed E-state index contributed by atoms with van der Waals surface area (Å²) in [6.07, 6.45) is 2.06. The summed E-state index contributed by atoms with van der Waals surface area (Å²) in [5.41, 5.74) is 2.62. The molecule has 0 radical (unpaired) electrons. The lowest BCUT2D eigenvalue weighted by Crippen LogP contribution is -2.26. The second-order valence-corrected chi connectivity index (χ2v) is 6.06. The van der Waals surface area contributed by atoms with Crippen LogP contribution in [0.25, 0.3) is 0 Å². The highest BCUT2D eigenvalue weighted by molar-refractivity contribution is 5.49. The summed E-state index contributed by atoms with van der Waals surface area (Å²) >= 11 is 0. The van der Waals surface area contributed by atoms with Crippen molar-refractivity contribution in [1.29, 1.82) is 0 Å². The standard InChI is InChI=1S/C17H25NO3/c1-3-5-18-15-11-19-6-4-13-7-16-17(8-14(13)15)21-10-12(2)9-20-16/h7-8,12,15,18H,3-6,9-11H2,1-2H3. The van der Waals surface area contributed by atoms with Crippen molar-refractivity contribution in [2.75, 3.05) is 33.0 Å². The number of nitrogens with one attached hydrogen (secondary N) is 1. The van der Waals surface area contributed by atoms with Gasteiger partial charge in [-0.05, 0) is 42.6 Å². The molecule has 2 aliphatic rings. The van der Waals surface area contributed by atoms with Crippen molar-refractivity contribution >= 4 is 0 Å². The van der Waals surface area contributed by atoms with E-state index in [0.29, 0.717) is 5.92 Å². The van der Waals surface area contributed by atoms with Crippen molar-refractivity contribution in [2.24, 2.45) is 5.92 Å². The van der Waals surface area contributed by atoms with Crippen molar-refractivity contribution in [3.63, 3.8) is 0 Å². The lowest BCUT2D eigenvalue weighted by atomic mass is 9.98. The first kappa shape index (κ1) is 14.7. The molecule has 0 aromatic heterocycles. The van der Waals surface area contributed by atoms with E-state index in [1.165, 1.54) is 11.1 Å². The smallest absolute Gasteiger partial charge is 0.161 e. The number of benzene rings is 1. The normalized spacial score (nSPS) is 24.9. The van der Waals surface area contributed by atoms with Crippen molar-refractivity contribution in [3.8, 4) is 11.5 Å². The molecule has 0 amide bonds. The maximum absolute atomic E-state index is 5.93. The SMILES string of the molecule is CCCNC1COCCc2cc3c(cc21)OCC(C)CO3. The molecule has 0 fully saturated rings. The lowest BCUT2D eigenvalue weighted by Gasteiger charge is -2.20.